The Morgan fingerprint density at radius 2 is 1.83 bits per heavy atom. The number of hydrogen-bond acceptors (Lipinski definition) is 7. The fourth-order valence-electron chi connectivity index (χ4n) is 3.92. The van der Waals surface area contributed by atoms with Crippen molar-refractivity contribution in [1.29, 1.82) is 0 Å². The van der Waals surface area contributed by atoms with Gasteiger partial charge in [0.2, 0.25) is 17.7 Å². The lowest BCUT2D eigenvalue weighted by Gasteiger charge is -2.41. The van der Waals surface area contributed by atoms with Crippen LogP contribution in [0, 0.1) is 0 Å². The summed E-state index contributed by atoms with van der Waals surface area (Å²) in [5.41, 5.74) is -0.0154. The molecule has 198 valence electrons. The van der Waals surface area contributed by atoms with E-state index in [9.17, 15) is 32.3 Å². The highest BCUT2D eigenvalue weighted by atomic mass is 19.4. The van der Waals surface area contributed by atoms with E-state index >= 15 is 0 Å². The zero-order valence-electron chi connectivity index (χ0n) is 20.3. The number of hydrogen-bond donors (Lipinski definition) is 3. The number of rotatable bonds is 5. The topological polar surface area (TPSA) is 120 Å². The third kappa shape index (κ3) is 7.57. The summed E-state index contributed by atoms with van der Waals surface area (Å²) >= 11 is 0. The molecule has 2 unspecified atom stereocenters. The summed E-state index contributed by atoms with van der Waals surface area (Å²) in [5.74, 6) is -1.46. The lowest BCUT2D eigenvalue weighted by molar-refractivity contribution is -0.195. The second-order valence-electron chi connectivity index (χ2n) is 9.73. The van der Waals surface area contributed by atoms with Gasteiger partial charge in [0.1, 0.15) is 17.7 Å². The molecule has 0 radical (unpaired) electrons. The Kier molecular flexibility index (Phi) is 8.12. The number of piperazine rings is 1. The van der Waals surface area contributed by atoms with Crippen LogP contribution in [0.5, 0.6) is 0 Å². The second-order valence-corrected chi connectivity index (χ2v) is 9.73. The molecule has 10 nitrogen and oxygen atoms in total. The van der Waals surface area contributed by atoms with Crippen molar-refractivity contribution < 1.29 is 37.1 Å². The number of carbonyl (C=O) groups is 4. The highest BCUT2D eigenvalue weighted by Gasteiger charge is 2.48. The first-order chi connectivity index (χ1) is 16.7. The minimum Gasteiger partial charge on any atom is -0.444 e. The van der Waals surface area contributed by atoms with E-state index in [-0.39, 0.29) is 25.4 Å². The van der Waals surface area contributed by atoms with Crippen LogP contribution in [0.1, 0.15) is 33.6 Å². The van der Waals surface area contributed by atoms with Crippen molar-refractivity contribution in [3.05, 3.63) is 24.3 Å². The Balaban J connectivity index is 1.60. The molecule has 13 heteroatoms. The maximum Gasteiger partial charge on any atom is 0.410 e. The minimum atomic E-state index is -4.66. The molecular formula is C23H30F3N5O5. The van der Waals surface area contributed by atoms with Crippen molar-refractivity contribution in [2.45, 2.75) is 57.5 Å². The van der Waals surface area contributed by atoms with E-state index in [0.717, 1.165) is 9.80 Å². The molecule has 2 fully saturated rings. The molecule has 2 aliphatic rings. The second kappa shape index (κ2) is 10.7. The van der Waals surface area contributed by atoms with E-state index in [1.165, 1.54) is 0 Å². The summed E-state index contributed by atoms with van der Waals surface area (Å²) in [6, 6.07) is 3.74. The van der Waals surface area contributed by atoms with Gasteiger partial charge in [0, 0.05) is 37.4 Å². The molecule has 36 heavy (non-hydrogen) atoms. The minimum absolute atomic E-state index is 0.0138. The number of nitrogens with one attached hydrogen (secondary N) is 3. The largest absolute Gasteiger partial charge is 0.444 e. The van der Waals surface area contributed by atoms with Crippen LogP contribution in [-0.4, -0.2) is 83.7 Å². The number of imide groups is 1. The zero-order chi connectivity index (χ0) is 26.7. The van der Waals surface area contributed by atoms with E-state index < -0.39 is 54.9 Å². The van der Waals surface area contributed by atoms with Crippen molar-refractivity contribution in [2.75, 3.05) is 36.8 Å². The normalized spacial score (nSPS) is 21.6. The van der Waals surface area contributed by atoms with Crippen molar-refractivity contribution in [1.82, 2.24) is 15.1 Å². The van der Waals surface area contributed by atoms with Crippen molar-refractivity contribution in [3.63, 3.8) is 0 Å². The maximum absolute atomic E-state index is 13.8. The third-order valence-corrected chi connectivity index (χ3v) is 5.59. The molecule has 2 aliphatic heterocycles. The molecule has 0 spiro atoms. The fourth-order valence-corrected chi connectivity index (χ4v) is 3.92. The van der Waals surface area contributed by atoms with Gasteiger partial charge in [-0.3, -0.25) is 24.6 Å². The van der Waals surface area contributed by atoms with Gasteiger partial charge >= 0.3 is 12.3 Å². The Morgan fingerprint density at radius 1 is 1.14 bits per heavy atom. The molecule has 0 aliphatic carbocycles. The maximum atomic E-state index is 13.8. The third-order valence-electron chi connectivity index (χ3n) is 5.59. The number of benzene rings is 1. The molecule has 3 rings (SSSR count). The van der Waals surface area contributed by atoms with Gasteiger partial charge in [-0.2, -0.15) is 13.2 Å². The zero-order valence-corrected chi connectivity index (χ0v) is 20.3. The van der Waals surface area contributed by atoms with Crippen molar-refractivity contribution in [2.24, 2.45) is 0 Å². The predicted octanol–water partition coefficient (Wildman–Crippen LogP) is 2.33. The molecule has 0 bridgehead atoms. The van der Waals surface area contributed by atoms with Crippen LogP contribution >= 0.6 is 0 Å². The van der Waals surface area contributed by atoms with Crippen LogP contribution < -0.4 is 16.0 Å². The lowest BCUT2D eigenvalue weighted by atomic mass is 10.1. The van der Waals surface area contributed by atoms with E-state index in [1.807, 2.05) is 0 Å². The number of halogens is 3. The van der Waals surface area contributed by atoms with Crippen LogP contribution in [0.3, 0.4) is 0 Å². The van der Waals surface area contributed by atoms with Gasteiger partial charge in [0.15, 0.2) is 0 Å². The molecule has 1 aromatic carbocycles. The molecular weight excluding hydrogens is 483 g/mol. The summed E-state index contributed by atoms with van der Waals surface area (Å²) in [7, 11) is 0. The number of anilines is 2. The Bertz CT molecular complexity index is 1010. The van der Waals surface area contributed by atoms with Gasteiger partial charge in [-0.05, 0) is 45.4 Å². The quantitative estimate of drug-likeness (QED) is 0.517. The molecule has 3 N–H and O–H groups in total. The molecule has 2 saturated heterocycles. The molecule has 1 aromatic rings. The molecule has 2 heterocycles. The summed E-state index contributed by atoms with van der Waals surface area (Å²) in [4.78, 5) is 50.1. The van der Waals surface area contributed by atoms with Crippen LogP contribution in [0.4, 0.5) is 29.3 Å². The smallest absolute Gasteiger partial charge is 0.410 e. The van der Waals surface area contributed by atoms with Crippen LogP contribution in [-0.2, 0) is 19.1 Å². The molecule has 0 saturated carbocycles. The van der Waals surface area contributed by atoms with E-state index in [4.69, 9.17) is 4.74 Å². The van der Waals surface area contributed by atoms with Crippen LogP contribution in [0.2, 0.25) is 0 Å². The highest BCUT2D eigenvalue weighted by molar-refractivity contribution is 6.01. The number of ether oxygens (including phenoxy) is 1. The number of amides is 4. The summed E-state index contributed by atoms with van der Waals surface area (Å²) in [6.45, 7) is 3.54. The predicted molar refractivity (Wildman–Crippen MR) is 124 cm³/mol. The average Bonchev–Trinajstić information content (AvgIpc) is 2.74. The Hall–Kier alpha value is -3.35. The lowest BCUT2D eigenvalue weighted by Crippen LogP contribution is -2.61. The first kappa shape index (κ1) is 27.2. The first-order valence-corrected chi connectivity index (χ1v) is 11.5. The van der Waals surface area contributed by atoms with E-state index in [0.29, 0.717) is 17.8 Å². The van der Waals surface area contributed by atoms with E-state index in [2.05, 4.69) is 16.0 Å². The van der Waals surface area contributed by atoms with Crippen molar-refractivity contribution >= 4 is 35.2 Å². The van der Waals surface area contributed by atoms with Gasteiger partial charge in [0.05, 0.1) is 6.54 Å². The van der Waals surface area contributed by atoms with Gasteiger partial charge in [-0.25, -0.2) is 4.79 Å². The average molecular weight is 514 g/mol. The van der Waals surface area contributed by atoms with Gasteiger partial charge in [-0.1, -0.05) is 6.07 Å². The number of carbonyl (C=O) groups excluding carboxylic acids is 4. The summed E-state index contributed by atoms with van der Waals surface area (Å²) in [5, 5.41) is 7.79. The number of nitrogens with zero attached hydrogens (tertiary/aromatic N) is 2. The van der Waals surface area contributed by atoms with Crippen LogP contribution in [0.15, 0.2) is 24.3 Å². The fraction of sp³-hybridized carbons (Fsp3) is 0.565. The summed E-state index contributed by atoms with van der Waals surface area (Å²) in [6.07, 6.45) is -4.98. The monoisotopic (exact) mass is 513 g/mol. The SMILES string of the molecule is CC(C)(C)OC(=O)N1CCN(CC(=O)Nc2cccc(NC3CCC(=O)NC3=O)c2)C(C(F)(F)F)C1. The Morgan fingerprint density at radius 3 is 2.47 bits per heavy atom. The van der Waals surface area contributed by atoms with Crippen molar-refractivity contribution in [3.8, 4) is 0 Å². The standard InChI is InChI=1S/C23H30F3N5O5/c1-22(2,3)36-21(35)31-10-9-30(17(12-31)23(24,25)26)13-19(33)28-15-6-4-5-14(11-15)27-16-7-8-18(32)29-20(16)34/h4-6,11,16-17,27H,7-10,12-13H2,1-3H3,(H,28,33)(H,29,32,34). The Labute approximate surface area is 206 Å². The van der Waals surface area contributed by atoms with Gasteiger partial charge in [0.25, 0.3) is 0 Å². The van der Waals surface area contributed by atoms with E-state index in [1.54, 1.807) is 45.0 Å². The van der Waals surface area contributed by atoms with Crippen LogP contribution in [0.25, 0.3) is 0 Å². The number of piperidine rings is 1. The molecule has 4 amide bonds. The highest BCUT2D eigenvalue weighted by Crippen LogP contribution is 2.29. The first-order valence-electron chi connectivity index (χ1n) is 11.5. The summed E-state index contributed by atoms with van der Waals surface area (Å²) < 4.78 is 46.5. The molecule has 0 aromatic heterocycles. The number of alkyl halides is 3. The van der Waals surface area contributed by atoms with Gasteiger partial charge < -0.3 is 20.3 Å². The van der Waals surface area contributed by atoms with Gasteiger partial charge in [-0.15, -0.1) is 0 Å². The molecule has 2 atom stereocenters.